The Morgan fingerprint density at radius 3 is 2.67 bits per heavy atom. The summed E-state index contributed by atoms with van der Waals surface area (Å²) in [6.07, 6.45) is 2.33. The van der Waals surface area contributed by atoms with Crippen molar-refractivity contribution in [3.8, 4) is 11.5 Å². The Balaban J connectivity index is 1.68. The second-order valence-corrected chi connectivity index (χ2v) is 8.81. The van der Waals surface area contributed by atoms with E-state index < -0.39 is 5.79 Å². The Hall–Kier alpha value is -1.79. The van der Waals surface area contributed by atoms with Crippen molar-refractivity contribution >= 4 is 5.91 Å². The Labute approximate surface area is 160 Å². The summed E-state index contributed by atoms with van der Waals surface area (Å²) >= 11 is 0. The van der Waals surface area contributed by atoms with E-state index in [0.29, 0.717) is 31.8 Å². The summed E-state index contributed by atoms with van der Waals surface area (Å²) in [7, 11) is 3.32. The summed E-state index contributed by atoms with van der Waals surface area (Å²) in [6, 6.07) is 5.93. The van der Waals surface area contributed by atoms with Crippen LogP contribution in [0.25, 0.3) is 0 Å². The highest BCUT2D eigenvalue weighted by molar-refractivity contribution is 5.78. The minimum absolute atomic E-state index is 0.0156. The minimum Gasteiger partial charge on any atom is -0.493 e. The van der Waals surface area contributed by atoms with Crippen LogP contribution in [0.3, 0.4) is 0 Å². The average molecular weight is 375 g/mol. The lowest BCUT2D eigenvalue weighted by molar-refractivity contribution is -0.321. The third-order valence-electron chi connectivity index (χ3n) is 6.27. The van der Waals surface area contributed by atoms with Gasteiger partial charge in [0.15, 0.2) is 17.3 Å². The summed E-state index contributed by atoms with van der Waals surface area (Å²) < 4.78 is 24.4. The van der Waals surface area contributed by atoms with E-state index in [-0.39, 0.29) is 22.8 Å². The predicted molar refractivity (Wildman–Crippen MR) is 100 cm³/mol. The molecule has 1 saturated heterocycles. The number of rotatable bonds is 3. The molecule has 0 unspecified atom stereocenters. The van der Waals surface area contributed by atoms with Gasteiger partial charge in [0.1, 0.15) is 6.10 Å². The van der Waals surface area contributed by atoms with Crippen LogP contribution >= 0.6 is 0 Å². The molecule has 2 atom stereocenters. The highest BCUT2D eigenvalue weighted by atomic mass is 16.7. The number of hydrogen-bond acceptors (Lipinski definition) is 5. The lowest BCUT2D eigenvalue weighted by atomic mass is 9.64. The normalized spacial score (nSPS) is 30.1. The van der Waals surface area contributed by atoms with Crippen LogP contribution in [0, 0.1) is 5.41 Å². The van der Waals surface area contributed by atoms with E-state index in [1.54, 1.807) is 14.2 Å². The molecule has 1 aliphatic carbocycles. The van der Waals surface area contributed by atoms with E-state index in [1.165, 1.54) is 0 Å². The second-order valence-electron chi connectivity index (χ2n) is 8.81. The third-order valence-corrected chi connectivity index (χ3v) is 6.27. The molecule has 2 heterocycles. The molecule has 1 aromatic carbocycles. The number of nitrogens with one attached hydrogen (secondary N) is 1. The third kappa shape index (κ3) is 2.99. The van der Waals surface area contributed by atoms with E-state index >= 15 is 0 Å². The Morgan fingerprint density at radius 1 is 1.26 bits per heavy atom. The van der Waals surface area contributed by atoms with Crippen LogP contribution in [0.2, 0.25) is 0 Å². The van der Waals surface area contributed by atoms with Gasteiger partial charge in [0.05, 0.1) is 20.3 Å². The molecule has 0 bridgehead atoms. The van der Waals surface area contributed by atoms with Crippen molar-refractivity contribution < 1.29 is 23.7 Å². The van der Waals surface area contributed by atoms with Gasteiger partial charge in [-0.25, -0.2) is 0 Å². The largest absolute Gasteiger partial charge is 0.493 e. The van der Waals surface area contributed by atoms with Crippen LogP contribution in [0.4, 0.5) is 0 Å². The molecule has 3 aliphatic rings. The number of para-hydroxylation sites is 1. The predicted octanol–water partition coefficient (Wildman–Crippen LogP) is 2.78. The molecule has 0 radical (unpaired) electrons. The fraction of sp³-hybridized carbons (Fsp3) is 0.667. The Kier molecular flexibility index (Phi) is 4.39. The van der Waals surface area contributed by atoms with E-state index in [0.717, 1.165) is 24.2 Å². The zero-order valence-corrected chi connectivity index (χ0v) is 16.6. The maximum absolute atomic E-state index is 12.4. The molecule has 148 valence electrons. The molecule has 2 aliphatic heterocycles. The summed E-state index contributed by atoms with van der Waals surface area (Å²) in [4.78, 5) is 12.4. The molecule has 0 aromatic heterocycles. The minimum atomic E-state index is -0.623. The quantitative estimate of drug-likeness (QED) is 0.880. The SMILES string of the molecule is CNC(=O)C[C@@]12CCC3(C[C@@H]1Oc1c(OC)cccc12)OCC(C)(C)CO3. The van der Waals surface area contributed by atoms with Crippen LogP contribution in [0.1, 0.15) is 45.1 Å². The van der Waals surface area contributed by atoms with Gasteiger partial charge in [-0.1, -0.05) is 26.0 Å². The first-order valence-corrected chi connectivity index (χ1v) is 9.66. The van der Waals surface area contributed by atoms with Gasteiger partial charge in [0.2, 0.25) is 5.91 Å². The molecule has 1 spiro atoms. The van der Waals surface area contributed by atoms with Crippen molar-refractivity contribution in [3.63, 3.8) is 0 Å². The van der Waals surface area contributed by atoms with Gasteiger partial charge < -0.3 is 24.3 Å². The summed E-state index contributed by atoms with van der Waals surface area (Å²) in [5.41, 5.74) is 0.695. The number of methoxy groups -OCH3 is 1. The standard InChI is InChI=1S/C21H29NO5/c1-19(2)12-25-21(26-13-19)9-8-20(11-17(23)22-3)14-6-5-7-15(24-4)18(14)27-16(20)10-21/h5-7,16H,8-13H2,1-4H3,(H,22,23)/t16-,20+/m0/s1. The van der Waals surface area contributed by atoms with Crippen molar-refractivity contribution in [3.05, 3.63) is 23.8 Å². The highest BCUT2D eigenvalue weighted by Crippen LogP contribution is 2.58. The van der Waals surface area contributed by atoms with Crippen molar-refractivity contribution in [1.82, 2.24) is 5.32 Å². The fourth-order valence-electron chi connectivity index (χ4n) is 4.62. The van der Waals surface area contributed by atoms with Gasteiger partial charge in [-0.3, -0.25) is 4.79 Å². The maximum atomic E-state index is 12.4. The fourth-order valence-corrected chi connectivity index (χ4v) is 4.62. The van der Waals surface area contributed by atoms with Crippen molar-refractivity contribution in [2.24, 2.45) is 5.41 Å². The van der Waals surface area contributed by atoms with Crippen molar-refractivity contribution in [2.75, 3.05) is 27.4 Å². The highest BCUT2D eigenvalue weighted by Gasteiger charge is 2.59. The maximum Gasteiger partial charge on any atom is 0.220 e. The molecular formula is C21H29NO5. The number of amides is 1. The first-order valence-electron chi connectivity index (χ1n) is 9.66. The molecular weight excluding hydrogens is 346 g/mol. The lowest BCUT2D eigenvalue weighted by Crippen LogP contribution is -2.57. The van der Waals surface area contributed by atoms with Gasteiger partial charge >= 0.3 is 0 Å². The number of carbonyl (C=O) groups excluding carboxylic acids is 1. The number of carbonyl (C=O) groups is 1. The van der Waals surface area contributed by atoms with Crippen molar-refractivity contribution in [1.29, 1.82) is 0 Å². The van der Waals surface area contributed by atoms with Crippen LogP contribution in [-0.4, -0.2) is 45.2 Å². The lowest BCUT2D eigenvalue weighted by Gasteiger charge is -2.50. The van der Waals surface area contributed by atoms with E-state index in [9.17, 15) is 4.79 Å². The first-order chi connectivity index (χ1) is 12.8. The molecule has 1 aromatic rings. The zero-order chi connectivity index (χ0) is 19.3. The number of ether oxygens (including phenoxy) is 4. The van der Waals surface area contributed by atoms with Crippen LogP contribution in [-0.2, 0) is 19.7 Å². The van der Waals surface area contributed by atoms with Crippen LogP contribution in [0.15, 0.2) is 18.2 Å². The number of hydrogen-bond donors (Lipinski definition) is 1. The van der Waals surface area contributed by atoms with Gasteiger partial charge in [0.25, 0.3) is 0 Å². The molecule has 4 rings (SSSR count). The van der Waals surface area contributed by atoms with Crippen LogP contribution < -0.4 is 14.8 Å². The van der Waals surface area contributed by atoms with E-state index in [4.69, 9.17) is 18.9 Å². The van der Waals surface area contributed by atoms with Gasteiger partial charge in [-0.05, 0) is 12.5 Å². The monoisotopic (exact) mass is 375 g/mol. The molecule has 27 heavy (non-hydrogen) atoms. The van der Waals surface area contributed by atoms with Gasteiger partial charge in [0, 0.05) is 42.7 Å². The molecule has 6 nitrogen and oxygen atoms in total. The Morgan fingerprint density at radius 2 is 2.00 bits per heavy atom. The van der Waals surface area contributed by atoms with E-state index in [1.807, 2.05) is 12.1 Å². The molecule has 1 amide bonds. The molecule has 2 fully saturated rings. The molecule has 6 heteroatoms. The molecule has 1 N–H and O–H groups in total. The summed E-state index contributed by atoms with van der Waals surface area (Å²) in [6.45, 7) is 5.62. The van der Waals surface area contributed by atoms with Gasteiger partial charge in [-0.2, -0.15) is 0 Å². The van der Waals surface area contributed by atoms with Gasteiger partial charge in [-0.15, -0.1) is 0 Å². The second kappa shape index (κ2) is 6.38. The Bertz CT molecular complexity index is 736. The first kappa shape index (κ1) is 18.6. The topological polar surface area (TPSA) is 66.0 Å². The van der Waals surface area contributed by atoms with Crippen molar-refractivity contribution in [2.45, 2.75) is 56.8 Å². The summed E-state index contributed by atoms with van der Waals surface area (Å²) in [5, 5.41) is 2.77. The van der Waals surface area contributed by atoms with Crippen LogP contribution in [0.5, 0.6) is 11.5 Å². The number of benzene rings is 1. The summed E-state index contributed by atoms with van der Waals surface area (Å²) in [5.74, 6) is 0.851. The zero-order valence-electron chi connectivity index (χ0n) is 16.6. The average Bonchev–Trinajstić information content (AvgIpc) is 2.97. The smallest absolute Gasteiger partial charge is 0.220 e. The van der Waals surface area contributed by atoms with E-state index in [2.05, 4.69) is 25.2 Å². The molecule has 1 saturated carbocycles. The number of fused-ring (bicyclic) bond motifs is 3.